The van der Waals surface area contributed by atoms with Crippen molar-refractivity contribution in [3.63, 3.8) is 0 Å². The van der Waals surface area contributed by atoms with Gasteiger partial charge in [-0.05, 0) is 51.8 Å². The number of aromatic nitrogens is 2. The van der Waals surface area contributed by atoms with Crippen LogP contribution in [0.25, 0.3) is 0 Å². The standard InChI is InChI=1S/C22H30N4O5S/c1-16(2)26-20(11-12-23-26)24-21(27)17(3)31-22(28)18-9-8-10-19(15-18)32(29,30)25-13-6-4-5-7-14-25/h8-12,15-17H,4-7,13-14H2,1-3H3,(H,24,27)/t17-/m1/s1. The Morgan fingerprint density at radius 2 is 1.75 bits per heavy atom. The second kappa shape index (κ2) is 10.3. The molecule has 1 amide bonds. The largest absolute Gasteiger partial charge is 0.449 e. The van der Waals surface area contributed by atoms with E-state index in [2.05, 4.69) is 10.4 Å². The molecule has 2 heterocycles. The summed E-state index contributed by atoms with van der Waals surface area (Å²) >= 11 is 0. The van der Waals surface area contributed by atoms with Crippen LogP contribution >= 0.6 is 0 Å². The van der Waals surface area contributed by atoms with Crippen LogP contribution in [0.3, 0.4) is 0 Å². The highest BCUT2D eigenvalue weighted by molar-refractivity contribution is 7.89. The molecule has 2 aromatic rings. The molecular weight excluding hydrogens is 432 g/mol. The lowest BCUT2D eigenvalue weighted by atomic mass is 10.2. The topological polar surface area (TPSA) is 111 Å². The summed E-state index contributed by atoms with van der Waals surface area (Å²) in [5, 5.41) is 6.84. The zero-order chi connectivity index (χ0) is 23.3. The van der Waals surface area contributed by atoms with Crippen LogP contribution in [0.1, 0.15) is 62.9 Å². The summed E-state index contributed by atoms with van der Waals surface area (Å²) in [5.41, 5.74) is 0.0766. The molecule has 0 saturated carbocycles. The molecule has 0 aliphatic carbocycles. The van der Waals surface area contributed by atoms with E-state index >= 15 is 0 Å². The van der Waals surface area contributed by atoms with E-state index < -0.39 is 28.0 Å². The van der Waals surface area contributed by atoms with E-state index in [9.17, 15) is 18.0 Å². The van der Waals surface area contributed by atoms with Gasteiger partial charge >= 0.3 is 5.97 Å². The Labute approximate surface area is 188 Å². The van der Waals surface area contributed by atoms with Crippen molar-refractivity contribution in [1.82, 2.24) is 14.1 Å². The maximum absolute atomic E-state index is 13.0. The third-order valence-corrected chi connectivity index (χ3v) is 7.23. The van der Waals surface area contributed by atoms with Gasteiger partial charge in [0.05, 0.1) is 16.7 Å². The quantitative estimate of drug-likeness (QED) is 0.633. The van der Waals surface area contributed by atoms with E-state index in [0.29, 0.717) is 18.9 Å². The SMILES string of the molecule is CC(C)n1nccc1NC(=O)[C@@H](C)OC(=O)c1cccc(S(=O)(=O)N2CCCCCC2)c1. The summed E-state index contributed by atoms with van der Waals surface area (Å²) < 4.78 is 34.4. The molecule has 0 radical (unpaired) electrons. The number of nitrogens with one attached hydrogen (secondary N) is 1. The Morgan fingerprint density at radius 3 is 2.41 bits per heavy atom. The number of esters is 1. The fourth-order valence-electron chi connectivity index (χ4n) is 3.55. The molecule has 32 heavy (non-hydrogen) atoms. The van der Waals surface area contributed by atoms with Crippen LogP contribution in [-0.2, 0) is 19.6 Å². The van der Waals surface area contributed by atoms with Crippen LogP contribution in [-0.4, -0.2) is 53.6 Å². The number of hydrogen-bond donors (Lipinski definition) is 1. The summed E-state index contributed by atoms with van der Waals surface area (Å²) in [6, 6.07) is 7.47. The number of hydrogen-bond acceptors (Lipinski definition) is 6. The van der Waals surface area contributed by atoms with Crippen molar-refractivity contribution in [3.05, 3.63) is 42.1 Å². The first-order valence-corrected chi connectivity index (χ1v) is 12.3. The lowest BCUT2D eigenvalue weighted by Gasteiger charge is -2.20. The molecular formula is C22H30N4O5S. The predicted molar refractivity (Wildman–Crippen MR) is 120 cm³/mol. The van der Waals surface area contributed by atoms with Crippen molar-refractivity contribution in [2.45, 2.75) is 63.5 Å². The van der Waals surface area contributed by atoms with Crippen molar-refractivity contribution in [2.75, 3.05) is 18.4 Å². The highest BCUT2D eigenvalue weighted by atomic mass is 32.2. The molecule has 1 fully saturated rings. The molecule has 1 aromatic carbocycles. The van der Waals surface area contributed by atoms with Gasteiger partial charge in [0.2, 0.25) is 10.0 Å². The number of ether oxygens (including phenoxy) is 1. The normalized spacial score (nSPS) is 16.4. The Bertz CT molecular complexity index is 1060. The van der Waals surface area contributed by atoms with Crippen LogP contribution in [0, 0.1) is 0 Å². The highest BCUT2D eigenvalue weighted by Gasteiger charge is 2.27. The maximum atomic E-state index is 13.0. The summed E-state index contributed by atoms with van der Waals surface area (Å²) in [4.78, 5) is 25.2. The van der Waals surface area contributed by atoms with E-state index in [-0.39, 0.29) is 16.5 Å². The molecule has 0 spiro atoms. The molecule has 1 N–H and O–H groups in total. The smallest absolute Gasteiger partial charge is 0.338 e. The zero-order valence-corrected chi connectivity index (χ0v) is 19.5. The van der Waals surface area contributed by atoms with Crippen LogP contribution in [0.4, 0.5) is 5.82 Å². The number of carbonyl (C=O) groups is 2. The van der Waals surface area contributed by atoms with Gasteiger partial charge in [-0.1, -0.05) is 18.9 Å². The van der Waals surface area contributed by atoms with Crippen molar-refractivity contribution >= 4 is 27.7 Å². The van der Waals surface area contributed by atoms with E-state index in [0.717, 1.165) is 25.7 Å². The molecule has 0 bridgehead atoms. The van der Waals surface area contributed by atoms with Crippen LogP contribution in [0.5, 0.6) is 0 Å². The first kappa shape index (κ1) is 23.9. The van der Waals surface area contributed by atoms with Crippen molar-refractivity contribution in [1.29, 1.82) is 0 Å². The maximum Gasteiger partial charge on any atom is 0.338 e. The minimum absolute atomic E-state index is 0.0480. The van der Waals surface area contributed by atoms with Gasteiger partial charge in [0.15, 0.2) is 6.10 Å². The molecule has 1 aromatic heterocycles. The molecule has 9 nitrogen and oxygen atoms in total. The lowest BCUT2D eigenvalue weighted by molar-refractivity contribution is -0.123. The monoisotopic (exact) mass is 462 g/mol. The van der Waals surface area contributed by atoms with Gasteiger partial charge < -0.3 is 10.1 Å². The van der Waals surface area contributed by atoms with Gasteiger partial charge in [0.25, 0.3) is 5.91 Å². The number of nitrogens with zero attached hydrogens (tertiary/aromatic N) is 3. The Morgan fingerprint density at radius 1 is 1.06 bits per heavy atom. The molecule has 1 aliphatic heterocycles. The zero-order valence-electron chi connectivity index (χ0n) is 18.7. The molecule has 1 atom stereocenters. The van der Waals surface area contributed by atoms with Crippen LogP contribution in [0.15, 0.2) is 41.4 Å². The van der Waals surface area contributed by atoms with E-state index in [1.54, 1.807) is 16.9 Å². The number of carbonyl (C=O) groups excluding carboxylic acids is 2. The molecule has 10 heteroatoms. The van der Waals surface area contributed by atoms with Crippen molar-refractivity contribution in [3.8, 4) is 0 Å². The molecule has 174 valence electrons. The minimum Gasteiger partial charge on any atom is -0.449 e. The van der Waals surface area contributed by atoms with Crippen molar-refractivity contribution in [2.24, 2.45) is 0 Å². The molecule has 3 rings (SSSR count). The highest BCUT2D eigenvalue weighted by Crippen LogP contribution is 2.22. The second-order valence-corrected chi connectivity index (χ2v) is 10.1. The first-order chi connectivity index (χ1) is 15.2. The molecule has 1 aliphatic rings. The minimum atomic E-state index is -3.70. The van der Waals surface area contributed by atoms with E-state index in [1.165, 1.54) is 35.5 Å². The Kier molecular flexibility index (Phi) is 7.68. The molecule has 1 saturated heterocycles. The molecule has 0 unspecified atom stereocenters. The number of benzene rings is 1. The van der Waals surface area contributed by atoms with Gasteiger partial charge in [0.1, 0.15) is 5.82 Å². The first-order valence-electron chi connectivity index (χ1n) is 10.9. The second-order valence-electron chi connectivity index (χ2n) is 8.14. The van der Waals surface area contributed by atoms with Gasteiger partial charge in [-0.25, -0.2) is 17.9 Å². The third kappa shape index (κ3) is 5.55. The summed E-state index contributed by atoms with van der Waals surface area (Å²) in [6.07, 6.45) is 4.16. The number of rotatable bonds is 7. The average molecular weight is 463 g/mol. The van der Waals surface area contributed by atoms with Crippen LogP contribution in [0.2, 0.25) is 0 Å². The van der Waals surface area contributed by atoms with Gasteiger partial charge in [0, 0.05) is 25.2 Å². The summed E-state index contributed by atoms with van der Waals surface area (Å²) in [6.45, 7) is 6.26. The van der Waals surface area contributed by atoms with Gasteiger partial charge in [-0.15, -0.1) is 0 Å². The third-order valence-electron chi connectivity index (χ3n) is 5.34. The fourth-order valence-corrected chi connectivity index (χ4v) is 5.11. The van der Waals surface area contributed by atoms with Crippen molar-refractivity contribution < 1.29 is 22.7 Å². The number of amides is 1. The average Bonchev–Trinajstić information content (AvgIpc) is 3.04. The lowest BCUT2D eigenvalue weighted by Crippen LogP contribution is -2.32. The Hall–Kier alpha value is -2.72. The summed E-state index contributed by atoms with van der Waals surface area (Å²) in [5.74, 6) is -0.773. The van der Waals surface area contributed by atoms with Gasteiger partial charge in [-0.2, -0.15) is 9.40 Å². The van der Waals surface area contributed by atoms with Crippen LogP contribution < -0.4 is 5.32 Å². The Balaban J connectivity index is 1.68. The number of anilines is 1. The summed E-state index contributed by atoms with van der Waals surface area (Å²) in [7, 11) is -3.70. The van der Waals surface area contributed by atoms with E-state index in [1.807, 2.05) is 13.8 Å². The van der Waals surface area contributed by atoms with Gasteiger partial charge in [-0.3, -0.25) is 4.79 Å². The van der Waals surface area contributed by atoms with E-state index in [4.69, 9.17) is 4.74 Å². The fraction of sp³-hybridized carbons (Fsp3) is 0.500. The predicted octanol–water partition coefficient (Wildman–Crippen LogP) is 3.21. The number of sulfonamides is 1.